The predicted molar refractivity (Wildman–Crippen MR) is 189 cm³/mol. The molecule has 0 radical (unpaired) electrons. The number of oxazole rings is 1. The molecule has 2 fully saturated rings. The number of fused-ring (bicyclic) bond motifs is 1. The molecule has 2 aliphatic rings. The van der Waals surface area contributed by atoms with Gasteiger partial charge in [-0.05, 0) is 91.9 Å². The highest BCUT2D eigenvalue weighted by Crippen LogP contribution is 2.33. The van der Waals surface area contributed by atoms with E-state index in [9.17, 15) is 20.4 Å². The van der Waals surface area contributed by atoms with Crippen LogP contribution in [0.4, 0.5) is 5.69 Å². The van der Waals surface area contributed by atoms with Gasteiger partial charge in [0, 0.05) is 43.3 Å². The summed E-state index contributed by atoms with van der Waals surface area (Å²) in [6, 6.07) is 19.2. The number of aliphatic hydroxyl groups excluding tert-OH is 1. The van der Waals surface area contributed by atoms with Crippen LogP contribution in [-0.4, -0.2) is 68.0 Å². The fourth-order valence-electron chi connectivity index (χ4n) is 6.74. The molecule has 5 aromatic rings. The van der Waals surface area contributed by atoms with Crippen LogP contribution in [0, 0.1) is 29.6 Å². The number of aromatic nitrogens is 3. The molecule has 0 spiro atoms. The first-order chi connectivity index (χ1) is 24.4. The summed E-state index contributed by atoms with van der Waals surface area (Å²) in [7, 11) is 0. The number of hydrogen-bond acceptors (Lipinski definition) is 10. The summed E-state index contributed by atoms with van der Waals surface area (Å²) in [6.07, 6.45) is 9.65. The van der Waals surface area contributed by atoms with Crippen LogP contribution < -0.4 is 5.32 Å². The van der Waals surface area contributed by atoms with Crippen LogP contribution in [-0.2, 0) is 13.1 Å². The summed E-state index contributed by atoms with van der Waals surface area (Å²) >= 11 is 0. The Hall–Kier alpha value is -5.72. The van der Waals surface area contributed by atoms with Gasteiger partial charge in [-0.25, -0.2) is 4.98 Å². The summed E-state index contributed by atoms with van der Waals surface area (Å²) in [5.41, 5.74) is 7.02. The lowest BCUT2D eigenvalue weighted by molar-refractivity contribution is 0.102. The molecular weight excluding hydrogens is 628 g/mol. The van der Waals surface area contributed by atoms with E-state index >= 15 is 0 Å². The fourth-order valence-corrected chi connectivity index (χ4v) is 6.74. The zero-order chi connectivity index (χ0) is 34.6. The molecule has 11 heteroatoms. The molecule has 0 unspecified atom stereocenters. The molecule has 2 aliphatic heterocycles. The smallest absolute Gasteiger partial charge is 0.274 e. The van der Waals surface area contributed by atoms with Gasteiger partial charge in [0.25, 0.3) is 5.91 Å². The van der Waals surface area contributed by atoms with Crippen molar-refractivity contribution in [3.63, 3.8) is 0 Å². The monoisotopic (exact) mass is 664 g/mol. The molecule has 0 saturated carbocycles. The number of anilines is 1. The van der Waals surface area contributed by atoms with Gasteiger partial charge in [-0.1, -0.05) is 30.3 Å². The summed E-state index contributed by atoms with van der Waals surface area (Å²) < 4.78 is 6.06. The highest BCUT2D eigenvalue weighted by atomic mass is 16.3. The van der Waals surface area contributed by atoms with E-state index in [1.54, 1.807) is 36.7 Å². The SMILES string of the molecule is Cc1c(NC(=O)c2ccc(CN3CC[C@@H](O)C3)cn2)cccc1-c1ccnc(/C=C/c2ccc3nc(CN4CCCC4)oc3c2C#N)c1C#N. The third kappa shape index (κ3) is 6.89. The Balaban J connectivity index is 1.11. The number of β-amino-alcohol motifs (C(OH)–C–C–N with tert-alkyl or cyclic N) is 1. The average Bonchev–Trinajstić information content (AvgIpc) is 3.90. The Morgan fingerprint density at radius 3 is 2.56 bits per heavy atom. The molecule has 1 amide bonds. The van der Waals surface area contributed by atoms with E-state index in [2.05, 4.69) is 42.2 Å². The number of nitrogens with zero attached hydrogens (tertiary/aromatic N) is 7. The van der Waals surface area contributed by atoms with E-state index in [0.29, 0.717) is 70.3 Å². The van der Waals surface area contributed by atoms with Gasteiger partial charge in [0.1, 0.15) is 28.9 Å². The third-order valence-electron chi connectivity index (χ3n) is 9.40. The zero-order valence-electron chi connectivity index (χ0n) is 27.8. The number of likely N-dealkylation sites (tertiary alicyclic amines) is 2. The molecule has 2 saturated heterocycles. The number of hydrogen-bond donors (Lipinski definition) is 2. The quantitative estimate of drug-likeness (QED) is 0.194. The molecule has 0 bridgehead atoms. The second-order valence-electron chi connectivity index (χ2n) is 12.8. The molecular formula is C39H36N8O3. The van der Waals surface area contributed by atoms with Crippen molar-refractivity contribution in [2.45, 2.75) is 45.4 Å². The van der Waals surface area contributed by atoms with Crippen LogP contribution in [0.15, 0.2) is 65.3 Å². The van der Waals surface area contributed by atoms with Gasteiger partial charge in [0.05, 0.1) is 23.9 Å². The lowest BCUT2D eigenvalue weighted by Gasteiger charge is -2.15. The van der Waals surface area contributed by atoms with E-state index in [-0.39, 0.29) is 17.7 Å². The number of nitrogens with one attached hydrogen (secondary N) is 1. The summed E-state index contributed by atoms with van der Waals surface area (Å²) in [5.74, 6) is 0.256. The second kappa shape index (κ2) is 14.4. The van der Waals surface area contributed by atoms with Crippen LogP contribution in [0.5, 0.6) is 0 Å². The van der Waals surface area contributed by atoms with Crippen molar-refractivity contribution in [3.8, 4) is 23.3 Å². The minimum atomic E-state index is -0.340. The molecule has 5 heterocycles. The first kappa shape index (κ1) is 32.8. The largest absolute Gasteiger partial charge is 0.438 e. The first-order valence-electron chi connectivity index (χ1n) is 16.8. The summed E-state index contributed by atoms with van der Waals surface area (Å²) in [6.45, 7) is 6.70. The number of aliphatic hydroxyl groups is 1. The number of pyridine rings is 2. The van der Waals surface area contributed by atoms with Crippen LogP contribution in [0.25, 0.3) is 34.4 Å². The maximum absolute atomic E-state index is 13.2. The van der Waals surface area contributed by atoms with E-state index in [1.165, 1.54) is 12.8 Å². The molecule has 3 aromatic heterocycles. The van der Waals surface area contributed by atoms with E-state index < -0.39 is 0 Å². The number of benzene rings is 2. The molecule has 1 atom stereocenters. The van der Waals surface area contributed by atoms with Crippen LogP contribution in [0.2, 0.25) is 0 Å². The van der Waals surface area contributed by atoms with Gasteiger partial charge in [0.2, 0.25) is 5.89 Å². The normalized spacial score (nSPS) is 16.6. The maximum Gasteiger partial charge on any atom is 0.274 e. The Morgan fingerprint density at radius 2 is 1.82 bits per heavy atom. The van der Waals surface area contributed by atoms with Crippen molar-refractivity contribution in [2.24, 2.45) is 0 Å². The number of amides is 1. The minimum absolute atomic E-state index is 0.288. The lowest BCUT2D eigenvalue weighted by atomic mass is 9.94. The highest BCUT2D eigenvalue weighted by molar-refractivity contribution is 6.04. The van der Waals surface area contributed by atoms with E-state index in [0.717, 1.165) is 42.7 Å². The molecule has 50 heavy (non-hydrogen) atoms. The van der Waals surface area contributed by atoms with Gasteiger partial charge in [-0.15, -0.1) is 0 Å². The molecule has 2 N–H and O–H groups in total. The first-order valence-corrected chi connectivity index (χ1v) is 16.8. The molecule has 0 aliphatic carbocycles. The number of carbonyl (C=O) groups excluding carboxylic acids is 1. The summed E-state index contributed by atoms with van der Waals surface area (Å²) in [4.78, 5) is 31.1. The van der Waals surface area contributed by atoms with Crippen LogP contribution in [0.3, 0.4) is 0 Å². The minimum Gasteiger partial charge on any atom is -0.438 e. The second-order valence-corrected chi connectivity index (χ2v) is 12.8. The number of carbonyl (C=O) groups is 1. The molecule has 250 valence electrons. The van der Waals surface area contributed by atoms with Crippen molar-refractivity contribution in [1.82, 2.24) is 24.8 Å². The Morgan fingerprint density at radius 1 is 0.980 bits per heavy atom. The third-order valence-corrected chi connectivity index (χ3v) is 9.40. The van der Waals surface area contributed by atoms with Crippen molar-refractivity contribution in [3.05, 3.63) is 106 Å². The number of nitriles is 2. The molecule has 2 aromatic carbocycles. The Kier molecular flexibility index (Phi) is 9.45. The van der Waals surface area contributed by atoms with Crippen LogP contribution >= 0.6 is 0 Å². The van der Waals surface area contributed by atoms with Crippen molar-refractivity contribution in [1.29, 1.82) is 10.5 Å². The maximum atomic E-state index is 13.2. The van der Waals surface area contributed by atoms with Gasteiger partial charge in [-0.3, -0.25) is 24.6 Å². The van der Waals surface area contributed by atoms with Crippen molar-refractivity contribution < 1.29 is 14.3 Å². The van der Waals surface area contributed by atoms with Crippen LogP contribution in [0.1, 0.15) is 69.2 Å². The van der Waals surface area contributed by atoms with Crippen molar-refractivity contribution in [2.75, 3.05) is 31.5 Å². The molecule has 11 nitrogen and oxygen atoms in total. The summed E-state index contributed by atoms with van der Waals surface area (Å²) in [5, 5.41) is 33.1. The van der Waals surface area contributed by atoms with Gasteiger partial charge in [-0.2, -0.15) is 10.5 Å². The predicted octanol–water partition coefficient (Wildman–Crippen LogP) is 5.92. The molecule has 7 rings (SSSR count). The zero-order valence-corrected chi connectivity index (χ0v) is 27.8. The van der Waals surface area contributed by atoms with E-state index in [4.69, 9.17) is 4.42 Å². The number of rotatable bonds is 9. The fraction of sp³-hybridized carbons (Fsp3) is 0.282. The van der Waals surface area contributed by atoms with Crippen molar-refractivity contribution >= 4 is 34.8 Å². The average molecular weight is 665 g/mol. The Bertz CT molecular complexity index is 2170. The van der Waals surface area contributed by atoms with Gasteiger partial charge >= 0.3 is 0 Å². The van der Waals surface area contributed by atoms with Gasteiger partial charge < -0.3 is 14.8 Å². The lowest BCUT2D eigenvalue weighted by Crippen LogP contribution is -2.21. The Labute approximate surface area is 290 Å². The van der Waals surface area contributed by atoms with E-state index in [1.807, 2.05) is 43.3 Å². The highest BCUT2D eigenvalue weighted by Gasteiger charge is 2.21. The topological polar surface area (TPSA) is 155 Å². The standard InChI is InChI=1S/C39H36N8O3/c1-25-29(5-4-6-33(25)45-39(49)36-10-7-26(21-43-36)22-47-18-14-28(48)23-47)30-13-15-42-34(32(30)20-41)11-8-27-9-12-35-38(31(27)19-40)50-37(44-35)24-46-16-2-3-17-46/h4-13,15,21,28,48H,2-3,14,16-18,22-24H2,1H3,(H,45,49)/b11-8+/t28-/m1/s1. The van der Waals surface area contributed by atoms with Gasteiger partial charge in [0.15, 0.2) is 5.58 Å².